The molecule has 0 aromatic heterocycles. The van der Waals surface area contributed by atoms with Crippen LogP contribution in [0, 0.1) is 0 Å². The number of carbonyl (C=O) groups excluding carboxylic acids is 2. The van der Waals surface area contributed by atoms with E-state index in [0.29, 0.717) is 5.76 Å². The first-order valence-corrected chi connectivity index (χ1v) is 4.71. The number of cyclic esters (lactones) is 1. The zero-order valence-electron chi connectivity index (χ0n) is 9.07. The molecule has 0 aliphatic carbocycles. The van der Waals surface area contributed by atoms with Crippen molar-refractivity contribution in [3.63, 3.8) is 0 Å². The van der Waals surface area contributed by atoms with Gasteiger partial charge in [0.05, 0.1) is 12.5 Å². The fraction of sp³-hybridized carbons (Fsp3) is 0.455. The number of ether oxygens (including phenoxy) is 2. The molecule has 0 spiro atoms. The lowest BCUT2D eigenvalue weighted by atomic mass is 10.2. The monoisotopic (exact) mass is 210 g/mol. The number of rotatable bonds is 3. The van der Waals surface area contributed by atoms with Gasteiger partial charge in [0.1, 0.15) is 5.76 Å². The number of carbonyl (C=O) groups is 2. The molecule has 0 bridgehead atoms. The van der Waals surface area contributed by atoms with Crippen LogP contribution in [0.3, 0.4) is 0 Å². The lowest BCUT2D eigenvalue weighted by Gasteiger charge is -2.30. The van der Waals surface area contributed by atoms with Gasteiger partial charge in [-0.05, 0) is 13.0 Å². The van der Waals surface area contributed by atoms with Gasteiger partial charge in [0, 0.05) is 13.8 Å². The number of allylic oxidation sites excluding steroid dienone is 3. The highest BCUT2D eigenvalue weighted by Gasteiger charge is 2.30. The minimum atomic E-state index is -0.989. The highest BCUT2D eigenvalue weighted by atomic mass is 16.7. The summed E-state index contributed by atoms with van der Waals surface area (Å²) in [5, 5.41) is 0. The van der Waals surface area contributed by atoms with Crippen molar-refractivity contribution < 1.29 is 19.1 Å². The van der Waals surface area contributed by atoms with Crippen molar-refractivity contribution >= 4 is 11.8 Å². The Hall–Kier alpha value is -1.58. The lowest BCUT2D eigenvalue weighted by molar-refractivity contribution is -0.205. The maximum atomic E-state index is 11.3. The second-order valence-corrected chi connectivity index (χ2v) is 3.68. The van der Waals surface area contributed by atoms with E-state index in [4.69, 9.17) is 9.47 Å². The molecule has 0 unspecified atom stereocenters. The van der Waals surface area contributed by atoms with Crippen molar-refractivity contribution in [1.82, 2.24) is 0 Å². The van der Waals surface area contributed by atoms with E-state index in [9.17, 15) is 9.59 Å². The van der Waals surface area contributed by atoms with Gasteiger partial charge in [0.2, 0.25) is 5.79 Å². The zero-order valence-corrected chi connectivity index (χ0v) is 9.07. The Morgan fingerprint density at radius 2 is 2.13 bits per heavy atom. The summed E-state index contributed by atoms with van der Waals surface area (Å²) in [6, 6.07) is 0. The number of hydrogen-bond acceptors (Lipinski definition) is 4. The molecule has 1 heterocycles. The first-order valence-electron chi connectivity index (χ1n) is 4.71. The molecule has 4 nitrogen and oxygen atoms in total. The second kappa shape index (κ2) is 4.29. The van der Waals surface area contributed by atoms with Gasteiger partial charge in [0.15, 0.2) is 5.78 Å². The SMILES string of the molecule is C/C=C/C(=O)CC1=CC(=O)OC(C)(C)O1. The van der Waals surface area contributed by atoms with Crippen LogP contribution in [0.15, 0.2) is 24.0 Å². The van der Waals surface area contributed by atoms with Gasteiger partial charge >= 0.3 is 5.97 Å². The smallest absolute Gasteiger partial charge is 0.337 e. The Kier molecular flexibility index (Phi) is 3.29. The van der Waals surface area contributed by atoms with Crippen molar-refractivity contribution in [1.29, 1.82) is 0 Å². The molecule has 0 aromatic carbocycles. The Labute approximate surface area is 88.6 Å². The average molecular weight is 210 g/mol. The van der Waals surface area contributed by atoms with E-state index in [1.807, 2.05) is 0 Å². The molecule has 0 atom stereocenters. The third kappa shape index (κ3) is 3.58. The molecule has 1 aliphatic heterocycles. The maximum Gasteiger partial charge on any atom is 0.337 e. The van der Waals surface area contributed by atoms with Crippen LogP contribution in [0.1, 0.15) is 27.2 Å². The van der Waals surface area contributed by atoms with Gasteiger partial charge in [-0.1, -0.05) is 6.08 Å². The first-order chi connectivity index (χ1) is 6.93. The quantitative estimate of drug-likeness (QED) is 0.525. The summed E-state index contributed by atoms with van der Waals surface area (Å²) in [5.74, 6) is -1.22. The van der Waals surface area contributed by atoms with Crippen molar-refractivity contribution in [3.05, 3.63) is 24.0 Å². The molecule has 0 saturated carbocycles. The molecule has 82 valence electrons. The third-order valence-electron chi connectivity index (χ3n) is 1.70. The highest BCUT2D eigenvalue weighted by Crippen LogP contribution is 2.23. The standard InChI is InChI=1S/C11H14O4/c1-4-5-8(12)6-9-7-10(13)15-11(2,3)14-9/h4-5,7H,6H2,1-3H3/b5-4+. The molecule has 4 heteroatoms. The van der Waals surface area contributed by atoms with Crippen molar-refractivity contribution in [2.24, 2.45) is 0 Å². The van der Waals surface area contributed by atoms with Gasteiger partial charge in [-0.15, -0.1) is 0 Å². The van der Waals surface area contributed by atoms with E-state index in [0.717, 1.165) is 0 Å². The molecule has 1 aliphatic rings. The van der Waals surface area contributed by atoms with Crippen LogP contribution in [0.5, 0.6) is 0 Å². The topological polar surface area (TPSA) is 52.6 Å². The summed E-state index contributed by atoms with van der Waals surface area (Å²) in [7, 11) is 0. The summed E-state index contributed by atoms with van der Waals surface area (Å²) in [6.07, 6.45) is 4.38. The maximum absolute atomic E-state index is 11.3. The van der Waals surface area contributed by atoms with Crippen LogP contribution in [-0.2, 0) is 19.1 Å². The predicted octanol–water partition coefficient (Wildman–Crippen LogP) is 1.72. The van der Waals surface area contributed by atoms with E-state index >= 15 is 0 Å². The fourth-order valence-corrected chi connectivity index (χ4v) is 1.27. The highest BCUT2D eigenvalue weighted by molar-refractivity contribution is 5.92. The van der Waals surface area contributed by atoms with Crippen LogP contribution >= 0.6 is 0 Å². The normalized spacial score (nSPS) is 19.4. The van der Waals surface area contributed by atoms with Crippen LogP contribution < -0.4 is 0 Å². The van der Waals surface area contributed by atoms with Crippen LogP contribution in [0.25, 0.3) is 0 Å². The summed E-state index contributed by atoms with van der Waals surface area (Å²) >= 11 is 0. The molecule has 15 heavy (non-hydrogen) atoms. The molecule has 1 rings (SSSR count). The van der Waals surface area contributed by atoms with Gasteiger partial charge in [-0.2, -0.15) is 0 Å². The van der Waals surface area contributed by atoms with Crippen molar-refractivity contribution in [2.45, 2.75) is 33.0 Å². The molecular weight excluding hydrogens is 196 g/mol. The molecule has 0 radical (unpaired) electrons. The first kappa shape index (κ1) is 11.5. The summed E-state index contributed by atoms with van der Waals surface area (Å²) in [5.41, 5.74) is 0. The summed E-state index contributed by atoms with van der Waals surface area (Å²) in [4.78, 5) is 22.4. The van der Waals surface area contributed by atoms with E-state index in [2.05, 4.69) is 0 Å². The van der Waals surface area contributed by atoms with Gasteiger partial charge in [-0.3, -0.25) is 4.79 Å². The molecule has 0 amide bonds. The summed E-state index contributed by atoms with van der Waals surface area (Å²) < 4.78 is 10.2. The van der Waals surface area contributed by atoms with Crippen LogP contribution in [-0.4, -0.2) is 17.5 Å². The Bertz CT molecular complexity index is 336. The van der Waals surface area contributed by atoms with Crippen molar-refractivity contribution in [3.8, 4) is 0 Å². The van der Waals surface area contributed by atoms with Gasteiger partial charge in [0.25, 0.3) is 0 Å². The number of ketones is 1. The van der Waals surface area contributed by atoms with Gasteiger partial charge in [-0.25, -0.2) is 4.79 Å². The molecule has 0 N–H and O–H groups in total. The average Bonchev–Trinajstić information content (AvgIpc) is 1.99. The number of esters is 1. The largest absolute Gasteiger partial charge is 0.456 e. The minimum absolute atomic E-state index is 0.0862. The van der Waals surface area contributed by atoms with Crippen LogP contribution in [0.2, 0.25) is 0 Å². The van der Waals surface area contributed by atoms with E-state index in [1.54, 1.807) is 26.8 Å². The summed E-state index contributed by atoms with van der Waals surface area (Å²) in [6.45, 7) is 5.00. The molecule has 0 saturated heterocycles. The van der Waals surface area contributed by atoms with E-state index < -0.39 is 11.8 Å². The Balaban J connectivity index is 2.70. The fourth-order valence-electron chi connectivity index (χ4n) is 1.27. The molecule has 0 aromatic rings. The van der Waals surface area contributed by atoms with E-state index in [1.165, 1.54) is 12.2 Å². The zero-order chi connectivity index (χ0) is 11.5. The molecule has 0 fully saturated rings. The van der Waals surface area contributed by atoms with E-state index in [-0.39, 0.29) is 12.2 Å². The predicted molar refractivity (Wildman–Crippen MR) is 53.8 cm³/mol. The second-order valence-electron chi connectivity index (χ2n) is 3.68. The molecular formula is C11H14O4. The van der Waals surface area contributed by atoms with Gasteiger partial charge < -0.3 is 9.47 Å². The lowest BCUT2D eigenvalue weighted by Crippen LogP contribution is -2.34. The Morgan fingerprint density at radius 1 is 1.47 bits per heavy atom. The van der Waals surface area contributed by atoms with Crippen molar-refractivity contribution in [2.75, 3.05) is 0 Å². The minimum Gasteiger partial charge on any atom is -0.456 e. The third-order valence-corrected chi connectivity index (χ3v) is 1.70. The number of hydrogen-bond donors (Lipinski definition) is 0. The van der Waals surface area contributed by atoms with Crippen LogP contribution in [0.4, 0.5) is 0 Å². The Morgan fingerprint density at radius 3 is 2.67 bits per heavy atom.